The number of hydrogen-bond acceptors (Lipinski definition) is 4. The van der Waals surface area contributed by atoms with Crippen LogP contribution in [0, 0.1) is 15.9 Å². The Balaban J connectivity index is 2.28. The van der Waals surface area contributed by atoms with Gasteiger partial charge in [-0.2, -0.15) is 0 Å². The SMILES string of the molecule is O=C(Nc1ccc([N+](=O)[O-])cc1F)c1cccc(Cl)c1O. The Morgan fingerprint density at radius 2 is 2.05 bits per heavy atom. The number of carbonyl (C=O) groups excluding carboxylic acids is 1. The average Bonchev–Trinajstić information content (AvgIpc) is 2.43. The van der Waals surface area contributed by atoms with E-state index in [9.17, 15) is 24.4 Å². The van der Waals surface area contributed by atoms with E-state index in [-0.39, 0.29) is 16.3 Å². The van der Waals surface area contributed by atoms with Crippen molar-refractivity contribution in [2.45, 2.75) is 0 Å². The molecule has 0 unspecified atom stereocenters. The van der Waals surface area contributed by atoms with Crippen molar-refractivity contribution in [1.82, 2.24) is 0 Å². The molecule has 0 aliphatic rings. The highest BCUT2D eigenvalue weighted by atomic mass is 35.5. The van der Waals surface area contributed by atoms with Crippen LogP contribution in [0.2, 0.25) is 5.02 Å². The molecule has 0 saturated carbocycles. The number of nitrogens with zero attached hydrogens (tertiary/aromatic N) is 1. The van der Waals surface area contributed by atoms with E-state index < -0.39 is 28.1 Å². The molecule has 0 atom stereocenters. The van der Waals surface area contributed by atoms with Gasteiger partial charge >= 0.3 is 0 Å². The number of anilines is 1. The minimum atomic E-state index is -0.959. The molecule has 108 valence electrons. The molecule has 2 rings (SSSR count). The number of phenolic OH excluding ortho intramolecular Hbond substituents is 1. The normalized spacial score (nSPS) is 10.2. The Morgan fingerprint density at radius 1 is 1.33 bits per heavy atom. The lowest BCUT2D eigenvalue weighted by Crippen LogP contribution is -2.13. The molecule has 0 aliphatic heterocycles. The average molecular weight is 311 g/mol. The molecule has 0 bridgehead atoms. The summed E-state index contributed by atoms with van der Waals surface area (Å²) < 4.78 is 13.7. The van der Waals surface area contributed by atoms with E-state index >= 15 is 0 Å². The fraction of sp³-hybridized carbons (Fsp3) is 0. The van der Waals surface area contributed by atoms with E-state index in [1.807, 2.05) is 0 Å². The van der Waals surface area contributed by atoms with Crippen LogP contribution in [0.15, 0.2) is 36.4 Å². The molecular weight excluding hydrogens is 303 g/mol. The number of nitro benzene ring substituents is 1. The van der Waals surface area contributed by atoms with Gasteiger partial charge in [0.2, 0.25) is 0 Å². The van der Waals surface area contributed by atoms with E-state index in [1.54, 1.807) is 0 Å². The molecule has 0 aromatic heterocycles. The van der Waals surface area contributed by atoms with Crippen LogP contribution in [0.1, 0.15) is 10.4 Å². The number of para-hydroxylation sites is 1. The summed E-state index contributed by atoms with van der Waals surface area (Å²) in [6, 6.07) is 6.94. The topological polar surface area (TPSA) is 92.5 Å². The molecule has 2 aromatic rings. The number of benzene rings is 2. The highest BCUT2D eigenvalue weighted by Gasteiger charge is 2.17. The summed E-state index contributed by atoms with van der Waals surface area (Å²) >= 11 is 5.67. The van der Waals surface area contributed by atoms with Crippen LogP contribution >= 0.6 is 11.6 Å². The number of amides is 1. The van der Waals surface area contributed by atoms with Gasteiger partial charge in [-0.15, -0.1) is 0 Å². The monoisotopic (exact) mass is 310 g/mol. The maximum absolute atomic E-state index is 13.7. The second-order valence-electron chi connectivity index (χ2n) is 4.01. The number of aromatic hydroxyl groups is 1. The molecule has 1 amide bonds. The first kappa shape index (κ1) is 14.7. The summed E-state index contributed by atoms with van der Waals surface area (Å²) in [5.41, 5.74) is -0.818. The molecule has 2 aromatic carbocycles. The van der Waals surface area contributed by atoms with Gasteiger partial charge in [-0.25, -0.2) is 4.39 Å². The van der Waals surface area contributed by atoms with E-state index in [2.05, 4.69) is 5.32 Å². The number of non-ortho nitro benzene ring substituents is 1. The Kier molecular flexibility index (Phi) is 4.04. The molecule has 0 fully saturated rings. The first-order valence-corrected chi connectivity index (χ1v) is 6.00. The van der Waals surface area contributed by atoms with Crippen molar-refractivity contribution in [2.75, 3.05) is 5.32 Å². The van der Waals surface area contributed by atoms with Gasteiger partial charge in [0, 0.05) is 6.07 Å². The zero-order valence-corrected chi connectivity index (χ0v) is 11.1. The largest absolute Gasteiger partial charge is 0.506 e. The fourth-order valence-electron chi connectivity index (χ4n) is 1.61. The fourth-order valence-corrected chi connectivity index (χ4v) is 1.78. The lowest BCUT2D eigenvalue weighted by molar-refractivity contribution is -0.385. The maximum atomic E-state index is 13.7. The third-order valence-corrected chi connectivity index (χ3v) is 2.95. The van der Waals surface area contributed by atoms with Gasteiger partial charge in [-0.3, -0.25) is 14.9 Å². The molecular formula is C13H8ClFN2O4. The first-order valence-electron chi connectivity index (χ1n) is 5.63. The Hall–Kier alpha value is -2.67. The van der Waals surface area contributed by atoms with Crippen molar-refractivity contribution >= 4 is 28.9 Å². The van der Waals surface area contributed by atoms with Gasteiger partial charge in [-0.1, -0.05) is 17.7 Å². The van der Waals surface area contributed by atoms with Gasteiger partial charge in [0.15, 0.2) is 5.82 Å². The van der Waals surface area contributed by atoms with Gasteiger partial charge in [0.25, 0.3) is 11.6 Å². The zero-order chi connectivity index (χ0) is 15.6. The maximum Gasteiger partial charge on any atom is 0.272 e. The molecule has 21 heavy (non-hydrogen) atoms. The van der Waals surface area contributed by atoms with E-state index in [0.29, 0.717) is 6.07 Å². The van der Waals surface area contributed by atoms with Crippen LogP contribution in [0.4, 0.5) is 15.8 Å². The summed E-state index contributed by atoms with van der Waals surface area (Å²) in [5.74, 6) is -2.18. The molecule has 0 spiro atoms. The van der Waals surface area contributed by atoms with Crippen LogP contribution < -0.4 is 5.32 Å². The molecule has 0 aliphatic carbocycles. The van der Waals surface area contributed by atoms with E-state index in [0.717, 1.165) is 12.1 Å². The summed E-state index contributed by atoms with van der Waals surface area (Å²) in [5, 5.41) is 22.3. The lowest BCUT2D eigenvalue weighted by Gasteiger charge is -2.08. The van der Waals surface area contributed by atoms with Crippen molar-refractivity contribution in [1.29, 1.82) is 0 Å². The van der Waals surface area contributed by atoms with Crippen molar-refractivity contribution < 1.29 is 19.2 Å². The quantitative estimate of drug-likeness (QED) is 0.671. The van der Waals surface area contributed by atoms with Crippen LogP contribution in [0.25, 0.3) is 0 Å². The highest BCUT2D eigenvalue weighted by Crippen LogP contribution is 2.28. The summed E-state index contributed by atoms with van der Waals surface area (Å²) in [6.45, 7) is 0. The standard InChI is InChI=1S/C13H8ClFN2O4/c14-9-3-1-2-8(12(9)18)13(19)16-11-5-4-7(17(20)21)6-10(11)15/h1-6,18H,(H,16,19). The molecule has 2 N–H and O–H groups in total. The molecule has 0 heterocycles. The van der Waals surface area contributed by atoms with Crippen molar-refractivity contribution in [2.24, 2.45) is 0 Å². The predicted octanol–water partition coefficient (Wildman–Crippen LogP) is 3.35. The predicted molar refractivity (Wildman–Crippen MR) is 74.1 cm³/mol. The number of hydrogen-bond donors (Lipinski definition) is 2. The zero-order valence-electron chi connectivity index (χ0n) is 10.3. The highest BCUT2D eigenvalue weighted by molar-refractivity contribution is 6.32. The van der Waals surface area contributed by atoms with Crippen LogP contribution in [-0.4, -0.2) is 15.9 Å². The Bertz CT molecular complexity index is 736. The summed E-state index contributed by atoms with van der Waals surface area (Å²) in [4.78, 5) is 21.7. The lowest BCUT2D eigenvalue weighted by atomic mass is 10.1. The third-order valence-electron chi connectivity index (χ3n) is 2.64. The second kappa shape index (κ2) is 5.76. The van der Waals surface area contributed by atoms with Crippen molar-refractivity contribution in [3.63, 3.8) is 0 Å². The van der Waals surface area contributed by atoms with Gasteiger partial charge < -0.3 is 10.4 Å². The van der Waals surface area contributed by atoms with Gasteiger partial charge in [0.1, 0.15) is 5.75 Å². The molecule has 8 heteroatoms. The summed E-state index contributed by atoms with van der Waals surface area (Å²) in [6.07, 6.45) is 0. The first-order chi connectivity index (χ1) is 9.90. The van der Waals surface area contributed by atoms with Crippen molar-refractivity contribution in [3.05, 3.63) is 62.9 Å². The second-order valence-corrected chi connectivity index (χ2v) is 4.42. The Labute approximate surface area is 122 Å². The number of rotatable bonds is 3. The third kappa shape index (κ3) is 3.09. The van der Waals surface area contributed by atoms with E-state index in [1.165, 1.54) is 18.2 Å². The number of phenols is 1. The van der Waals surface area contributed by atoms with Crippen LogP contribution in [-0.2, 0) is 0 Å². The number of nitro groups is 1. The molecule has 6 nitrogen and oxygen atoms in total. The minimum absolute atomic E-state index is 0.0215. The number of carbonyl (C=O) groups is 1. The summed E-state index contributed by atoms with van der Waals surface area (Å²) in [7, 11) is 0. The van der Waals surface area contributed by atoms with Gasteiger partial charge in [-0.05, 0) is 18.2 Å². The van der Waals surface area contributed by atoms with Crippen LogP contribution in [0.5, 0.6) is 5.75 Å². The Morgan fingerprint density at radius 3 is 2.67 bits per heavy atom. The molecule has 0 radical (unpaired) electrons. The van der Waals surface area contributed by atoms with Crippen LogP contribution in [0.3, 0.4) is 0 Å². The molecule has 0 saturated heterocycles. The number of halogens is 2. The van der Waals surface area contributed by atoms with Gasteiger partial charge in [0.05, 0.1) is 27.3 Å². The van der Waals surface area contributed by atoms with Crippen molar-refractivity contribution in [3.8, 4) is 5.75 Å². The smallest absolute Gasteiger partial charge is 0.272 e. The van der Waals surface area contributed by atoms with E-state index in [4.69, 9.17) is 11.6 Å². The number of nitrogens with one attached hydrogen (secondary N) is 1. The minimum Gasteiger partial charge on any atom is -0.506 e.